The number of nitrogens with zero attached hydrogens (tertiary/aromatic N) is 1. The molecule has 1 N–H and O–H groups in total. The molecule has 0 spiro atoms. The molecular formula is C18H24N2O4. The number of nitrogens with one attached hydrogen (secondary N) is 1. The predicted octanol–water partition coefficient (Wildman–Crippen LogP) is 3.34. The summed E-state index contributed by atoms with van der Waals surface area (Å²) in [5.41, 5.74) is 0.839. The lowest BCUT2D eigenvalue weighted by Gasteiger charge is -2.21. The Morgan fingerprint density at radius 1 is 1.33 bits per heavy atom. The molecule has 2 unspecified atom stereocenters. The first-order valence-electron chi connectivity index (χ1n) is 8.38. The Balaban J connectivity index is 2.16. The summed E-state index contributed by atoms with van der Waals surface area (Å²) in [6, 6.07) is 7.48. The van der Waals surface area contributed by atoms with Gasteiger partial charge in [0.25, 0.3) is 0 Å². The third-order valence-corrected chi connectivity index (χ3v) is 3.96. The molecule has 1 aliphatic rings. The standard InChI is InChI=1S/C18H24N2O4/c1-3-5-10-24-15-8-6-13(7-9-15)17(18(21)23-4-2)14-11-16(20-22)19-12-14/h6-9,11,14,17,19H,3-5,10,12H2,1-2H3. The second kappa shape index (κ2) is 9.05. The molecule has 0 aliphatic carbocycles. The van der Waals surface area contributed by atoms with Crippen LogP contribution in [0.1, 0.15) is 38.2 Å². The average Bonchev–Trinajstić information content (AvgIpc) is 3.06. The Hall–Kier alpha value is -2.37. The molecule has 0 bridgehead atoms. The first-order valence-corrected chi connectivity index (χ1v) is 8.38. The fraction of sp³-hybridized carbons (Fsp3) is 0.500. The van der Waals surface area contributed by atoms with Crippen LogP contribution in [0.4, 0.5) is 0 Å². The highest BCUT2D eigenvalue weighted by Gasteiger charge is 2.33. The molecule has 6 nitrogen and oxygen atoms in total. The molecular weight excluding hydrogens is 308 g/mol. The van der Waals surface area contributed by atoms with E-state index in [0.717, 1.165) is 24.2 Å². The minimum Gasteiger partial charge on any atom is -0.494 e. The van der Waals surface area contributed by atoms with E-state index in [-0.39, 0.29) is 17.7 Å². The SMILES string of the molecule is CCCCOc1ccc(C(C(=O)OCC)C2C=C(N=O)NC2)cc1. The molecule has 1 aliphatic heterocycles. The normalized spacial score (nSPS) is 17.6. The monoisotopic (exact) mass is 332 g/mol. The van der Waals surface area contributed by atoms with Gasteiger partial charge in [-0.1, -0.05) is 25.5 Å². The van der Waals surface area contributed by atoms with Crippen LogP contribution in [-0.4, -0.2) is 25.7 Å². The molecule has 24 heavy (non-hydrogen) atoms. The van der Waals surface area contributed by atoms with E-state index in [0.29, 0.717) is 19.8 Å². The summed E-state index contributed by atoms with van der Waals surface area (Å²) < 4.78 is 10.9. The van der Waals surface area contributed by atoms with Crippen molar-refractivity contribution in [3.05, 3.63) is 46.6 Å². The van der Waals surface area contributed by atoms with E-state index in [1.165, 1.54) is 0 Å². The number of ether oxygens (including phenoxy) is 2. The third kappa shape index (κ3) is 4.57. The maximum Gasteiger partial charge on any atom is 0.314 e. The Labute approximate surface area is 142 Å². The van der Waals surface area contributed by atoms with Gasteiger partial charge in [0.2, 0.25) is 0 Å². The summed E-state index contributed by atoms with van der Waals surface area (Å²) in [4.78, 5) is 23.1. The van der Waals surface area contributed by atoms with Crippen molar-refractivity contribution < 1.29 is 14.3 Å². The summed E-state index contributed by atoms with van der Waals surface area (Å²) in [6.07, 6.45) is 3.78. The van der Waals surface area contributed by atoms with E-state index in [2.05, 4.69) is 17.4 Å². The number of carbonyl (C=O) groups is 1. The average molecular weight is 332 g/mol. The number of benzene rings is 1. The van der Waals surface area contributed by atoms with Gasteiger partial charge in [-0.2, -0.15) is 0 Å². The van der Waals surface area contributed by atoms with Crippen molar-refractivity contribution in [1.29, 1.82) is 0 Å². The van der Waals surface area contributed by atoms with E-state index in [1.54, 1.807) is 13.0 Å². The van der Waals surface area contributed by atoms with Gasteiger partial charge in [0.15, 0.2) is 5.82 Å². The van der Waals surface area contributed by atoms with E-state index in [9.17, 15) is 9.70 Å². The van der Waals surface area contributed by atoms with Crippen LogP contribution in [0.2, 0.25) is 0 Å². The van der Waals surface area contributed by atoms with Gasteiger partial charge in [0, 0.05) is 12.5 Å². The zero-order valence-corrected chi connectivity index (χ0v) is 14.2. The Bertz CT molecular complexity index is 583. The maximum absolute atomic E-state index is 12.4. The topological polar surface area (TPSA) is 77.0 Å². The van der Waals surface area contributed by atoms with Gasteiger partial charge in [-0.15, -0.1) is 4.91 Å². The van der Waals surface area contributed by atoms with Gasteiger partial charge in [0.1, 0.15) is 5.75 Å². The number of hydrogen-bond donors (Lipinski definition) is 1. The smallest absolute Gasteiger partial charge is 0.314 e. The lowest BCUT2D eigenvalue weighted by atomic mass is 9.86. The van der Waals surface area contributed by atoms with Crippen molar-refractivity contribution in [2.45, 2.75) is 32.6 Å². The second-order valence-electron chi connectivity index (χ2n) is 5.69. The van der Waals surface area contributed by atoms with E-state index >= 15 is 0 Å². The molecule has 0 radical (unpaired) electrons. The second-order valence-corrected chi connectivity index (χ2v) is 5.69. The molecule has 0 saturated carbocycles. The van der Waals surface area contributed by atoms with Crippen LogP contribution in [0, 0.1) is 10.8 Å². The van der Waals surface area contributed by atoms with Crippen LogP contribution in [0.15, 0.2) is 41.3 Å². The molecule has 1 aromatic rings. The molecule has 0 amide bonds. The van der Waals surface area contributed by atoms with Crippen LogP contribution in [0.3, 0.4) is 0 Å². The first kappa shape index (κ1) is 18.0. The highest BCUT2D eigenvalue weighted by Crippen LogP contribution is 2.31. The fourth-order valence-corrected chi connectivity index (χ4v) is 2.72. The van der Waals surface area contributed by atoms with Crippen molar-refractivity contribution in [1.82, 2.24) is 5.32 Å². The van der Waals surface area contributed by atoms with E-state index in [4.69, 9.17) is 9.47 Å². The van der Waals surface area contributed by atoms with E-state index < -0.39 is 5.92 Å². The molecule has 1 aromatic carbocycles. The van der Waals surface area contributed by atoms with Crippen molar-refractivity contribution in [3.63, 3.8) is 0 Å². The summed E-state index contributed by atoms with van der Waals surface area (Å²) in [6.45, 7) is 5.37. The first-order chi connectivity index (χ1) is 11.7. The summed E-state index contributed by atoms with van der Waals surface area (Å²) >= 11 is 0. The largest absolute Gasteiger partial charge is 0.494 e. The Morgan fingerprint density at radius 2 is 2.08 bits per heavy atom. The highest BCUT2D eigenvalue weighted by molar-refractivity contribution is 5.79. The highest BCUT2D eigenvalue weighted by atomic mass is 16.5. The summed E-state index contributed by atoms with van der Waals surface area (Å²) in [5.74, 6) is 0.122. The quantitative estimate of drug-likeness (QED) is 0.426. The van der Waals surface area contributed by atoms with Crippen LogP contribution >= 0.6 is 0 Å². The minimum atomic E-state index is -0.471. The van der Waals surface area contributed by atoms with Crippen LogP contribution in [0.5, 0.6) is 5.75 Å². The van der Waals surface area contributed by atoms with Gasteiger partial charge >= 0.3 is 5.97 Å². The van der Waals surface area contributed by atoms with Crippen molar-refractivity contribution >= 4 is 5.97 Å². The van der Waals surface area contributed by atoms with Gasteiger partial charge in [-0.3, -0.25) is 4.79 Å². The van der Waals surface area contributed by atoms with Gasteiger partial charge in [-0.25, -0.2) is 0 Å². The van der Waals surface area contributed by atoms with Gasteiger partial charge in [-0.05, 0) is 42.3 Å². The number of carbonyl (C=O) groups excluding carboxylic acids is 1. The number of esters is 1. The molecule has 0 saturated heterocycles. The van der Waals surface area contributed by atoms with Crippen molar-refractivity contribution in [3.8, 4) is 5.75 Å². The molecule has 130 valence electrons. The van der Waals surface area contributed by atoms with E-state index in [1.807, 2.05) is 24.3 Å². The molecule has 0 fully saturated rings. The molecule has 2 atom stereocenters. The Kier molecular flexibility index (Phi) is 6.78. The van der Waals surface area contributed by atoms with Crippen molar-refractivity contribution in [2.75, 3.05) is 19.8 Å². The van der Waals surface area contributed by atoms with Gasteiger partial charge in [0.05, 0.1) is 19.1 Å². The number of nitroso groups, excluding NO2 is 1. The molecule has 1 heterocycles. The summed E-state index contributed by atoms with van der Waals surface area (Å²) in [7, 11) is 0. The van der Waals surface area contributed by atoms with Crippen LogP contribution in [-0.2, 0) is 9.53 Å². The Morgan fingerprint density at radius 3 is 2.67 bits per heavy atom. The molecule has 0 aromatic heterocycles. The van der Waals surface area contributed by atoms with Crippen molar-refractivity contribution in [2.24, 2.45) is 11.1 Å². The minimum absolute atomic E-state index is 0.163. The van der Waals surface area contributed by atoms with Crippen LogP contribution in [0.25, 0.3) is 0 Å². The third-order valence-electron chi connectivity index (χ3n) is 3.96. The lowest BCUT2D eigenvalue weighted by molar-refractivity contribution is -0.145. The maximum atomic E-state index is 12.4. The predicted molar refractivity (Wildman–Crippen MR) is 91.6 cm³/mol. The van der Waals surface area contributed by atoms with Crippen LogP contribution < -0.4 is 10.1 Å². The zero-order valence-electron chi connectivity index (χ0n) is 14.2. The molecule has 2 rings (SSSR count). The number of unbranched alkanes of at least 4 members (excludes halogenated alkanes) is 1. The zero-order chi connectivity index (χ0) is 17.4. The number of hydrogen-bond acceptors (Lipinski definition) is 6. The lowest BCUT2D eigenvalue weighted by Crippen LogP contribution is -2.26. The fourth-order valence-electron chi connectivity index (χ4n) is 2.72. The molecule has 6 heteroatoms. The summed E-state index contributed by atoms with van der Waals surface area (Å²) in [5, 5.41) is 5.80. The van der Waals surface area contributed by atoms with Gasteiger partial charge < -0.3 is 14.8 Å². The number of rotatable bonds is 9.